The van der Waals surface area contributed by atoms with Gasteiger partial charge in [-0.15, -0.1) is 0 Å². The van der Waals surface area contributed by atoms with E-state index in [1.54, 1.807) is 0 Å². The average molecular weight is 155 g/mol. The predicted molar refractivity (Wildman–Crippen MR) is 42.6 cm³/mol. The smallest absolute Gasteiger partial charge is 0.249 e. The van der Waals surface area contributed by atoms with E-state index in [-0.39, 0.29) is 0 Å². The van der Waals surface area contributed by atoms with Gasteiger partial charge in [-0.05, 0) is 5.92 Å². The lowest BCUT2D eigenvalue weighted by molar-refractivity contribution is -0.113. The Morgan fingerprint density at radius 1 is 1.73 bits per heavy atom. The van der Waals surface area contributed by atoms with Crippen LogP contribution in [0.4, 0.5) is 0 Å². The van der Waals surface area contributed by atoms with Crippen LogP contribution in [-0.4, -0.2) is 12.5 Å². The Hall–Kier alpha value is -1.21. The van der Waals surface area contributed by atoms with E-state index < -0.39 is 5.91 Å². The first-order valence-electron chi connectivity index (χ1n) is 3.45. The normalized spacial score (nSPS) is 8.64. The molecule has 0 saturated carbocycles. The summed E-state index contributed by atoms with van der Waals surface area (Å²) in [5.41, 5.74) is 7.30. The van der Waals surface area contributed by atoms with E-state index in [4.69, 9.17) is 10.5 Å². The van der Waals surface area contributed by atoms with Gasteiger partial charge in [-0.1, -0.05) is 19.6 Å². The fraction of sp³-hybridized carbons (Fsp3) is 0.500. The van der Waals surface area contributed by atoms with E-state index in [1.165, 1.54) is 6.26 Å². The summed E-state index contributed by atoms with van der Waals surface area (Å²) in [5, 5.41) is 0. The lowest BCUT2D eigenvalue weighted by Crippen LogP contribution is -2.04. The third-order valence-corrected chi connectivity index (χ3v) is 0.807. The van der Waals surface area contributed by atoms with Crippen molar-refractivity contribution in [2.45, 2.75) is 13.8 Å². The number of hydrogen-bond acceptors (Lipinski definition) is 2. The topological polar surface area (TPSA) is 52.3 Å². The van der Waals surface area contributed by atoms with Crippen LogP contribution in [0.15, 0.2) is 18.1 Å². The SMILES string of the molecule is CC(C)COC=C=CC(N)=O. The molecule has 3 heteroatoms. The molecule has 0 heterocycles. The monoisotopic (exact) mass is 155 g/mol. The van der Waals surface area contributed by atoms with E-state index >= 15 is 0 Å². The van der Waals surface area contributed by atoms with Crippen LogP contribution < -0.4 is 5.73 Å². The zero-order valence-electron chi connectivity index (χ0n) is 6.83. The molecule has 0 spiro atoms. The first kappa shape index (κ1) is 9.79. The second kappa shape index (κ2) is 5.57. The zero-order valence-corrected chi connectivity index (χ0v) is 6.83. The van der Waals surface area contributed by atoms with Crippen LogP contribution in [0.5, 0.6) is 0 Å². The van der Waals surface area contributed by atoms with Crippen LogP contribution >= 0.6 is 0 Å². The van der Waals surface area contributed by atoms with Crippen molar-refractivity contribution in [3.05, 3.63) is 18.1 Å². The molecular formula is C8H13NO2. The lowest BCUT2D eigenvalue weighted by atomic mass is 10.2. The number of carbonyl (C=O) groups excluding carboxylic acids is 1. The Labute approximate surface area is 66.5 Å². The molecule has 0 radical (unpaired) electrons. The Morgan fingerprint density at radius 3 is 2.82 bits per heavy atom. The molecule has 0 aromatic carbocycles. The lowest BCUT2D eigenvalue weighted by Gasteiger charge is -2.00. The van der Waals surface area contributed by atoms with Gasteiger partial charge in [0.25, 0.3) is 0 Å². The van der Waals surface area contributed by atoms with Crippen LogP contribution in [-0.2, 0) is 9.53 Å². The highest BCUT2D eigenvalue weighted by atomic mass is 16.5. The number of hydrogen-bond donors (Lipinski definition) is 1. The number of ether oxygens (including phenoxy) is 1. The summed E-state index contributed by atoms with van der Waals surface area (Å²) in [5.74, 6) is -0.0453. The van der Waals surface area contributed by atoms with Gasteiger partial charge in [-0.25, -0.2) is 0 Å². The van der Waals surface area contributed by atoms with Crippen molar-refractivity contribution in [3.8, 4) is 0 Å². The zero-order chi connectivity index (χ0) is 8.69. The Balaban J connectivity index is 3.52. The van der Waals surface area contributed by atoms with Crippen molar-refractivity contribution in [2.24, 2.45) is 11.7 Å². The van der Waals surface area contributed by atoms with E-state index in [2.05, 4.69) is 5.73 Å². The number of rotatable bonds is 4. The molecule has 0 aromatic rings. The van der Waals surface area contributed by atoms with Gasteiger partial charge in [0, 0.05) is 6.08 Å². The standard InChI is InChI=1S/C8H13NO2/c1-7(2)6-11-5-3-4-8(9)10/h4-5,7H,6H2,1-2H3,(H2,9,10). The highest BCUT2D eigenvalue weighted by Gasteiger charge is 1.88. The third kappa shape index (κ3) is 8.79. The molecule has 0 bridgehead atoms. The third-order valence-electron chi connectivity index (χ3n) is 0.807. The van der Waals surface area contributed by atoms with Gasteiger partial charge in [0.15, 0.2) is 0 Å². The molecule has 1 amide bonds. The maximum absolute atomic E-state index is 10.1. The minimum absolute atomic E-state index is 0.474. The van der Waals surface area contributed by atoms with Gasteiger partial charge in [-0.3, -0.25) is 4.79 Å². The van der Waals surface area contributed by atoms with Gasteiger partial charge >= 0.3 is 0 Å². The fourth-order valence-corrected chi connectivity index (χ4v) is 0.405. The molecule has 0 fully saturated rings. The van der Waals surface area contributed by atoms with Gasteiger partial charge in [0.2, 0.25) is 5.91 Å². The number of primary amides is 1. The molecular weight excluding hydrogens is 142 g/mol. The molecule has 0 rings (SSSR count). The van der Waals surface area contributed by atoms with Crippen molar-refractivity contribution in [1.29, 1.82) is 0 Å². The Kier molecular flexibility index (Phi) is 4.95. The van der Waals surface area contributed by atoms with Crippen molar-refractivity contribution < 1.29 is 9.53 Å². The number of amides is 1. The minimum atomic E-state index is -0.519. The van der Waals surface area contributed by atoms with Crippen LogP contribution in [0.2, 0.25) is 0 Å². The van der Waals surface area contributed by atoms with Crippen LogP contribution in [0.3, 0.4) is 0 Å². The summed E-state index contributed by atoms with van der Waals surface area (Å²) in [6.45, 7) is 4.69. The van der Waals surface area contributed by atoms with E-state index in [9.17, 15) is 4.79 Å². The van der Waals surface area contributed by atoms with Crippen molar-refractivity contribution in [3.63, 3.8) is 0 Å². The molecule has 0 aliphatic rings. The fourth-order valence-electron chi connectivity index (χ4n) is 0.405. The molecule has 62 valence electrons. The van der Waals surface area contributed by atoms with Gasteiger partial charge in [0.1, 0.15) is 6.26 Å². The highest BCUT2D eigenvalue weighted by Crippen LogP contribution is 1.91. The van der Waals surface area contributed by atoms with Crippen molar-refractivity contribution in [1.82, 2.24) is 0 Å². The maximum Gasteiger partial charge on any atom is 0.249 e. The summed E-state index contributed by atoms with van der Waals surface area (Å²) in [4.78, 5) is 10.1. The largest absolute Gasteiger partial charge is 0.493 e. The van der Waals surface area contributed by atoms with Crippen LogP contribution in [0.25, 0.3) is 0 Å². The molecule has 11 heavy (non-hydrogen) atoms. The quantitative estimate of drug-likeness (QED) is 0.371. The average Bonchev–Trinajstić information content (AvgIpc) is 1.85. The molecule has 0 saturated heterocycles. The highest BCUT2D eigenvalue weighted by molar-refractivity contribution is 5.85. The summed E-state index contributed by atoms with van der Waals surface area (Å²) < 4.78 is 4.97. The summed E-state index contributed by atoms with van der Waals surface area (Å²) >= 11 is 0. The van der Waals surface area contributed by atoms with E-state index in [1.807, 2.05) is 13.8 Å². The minimum Gasteiger partial charge on any atom is -0.493 e. The number of nitrogens with two attached hydrogens (primary N) is 1. The molecule has 0 aliphatic carbocycles. The molecule has 0 atom stereocenters. The van der Waals surface area contributed by atoms with Gasteiger partial charge in [0.05, 0.1) is 6.61 Å². The first-order chi connectivity index (χ1) is 5.13. The number of carbonyl (C=O) groups is 1. The van der Waals surface area contributed by atoms with E-state index in [0.29, 0.717) is 12.5 Å². The second-order valence-corrected chi connectivity index (χ2v) is 2.56. The molecule has 0 unspecified atom stereocenters. The first-order valence-corrected chi connectivity index (χ1v) is 3.45. The van der Waals surface area contributed by atoms with Gasteiger partial charge in [-0.2, -0.15) is 0 Å². The van der Waals surface area contributed by atoms with Crippen molar-refractivity contribution >= 4 is 5.91 Å². The van der Waals surface area contributed by atoms with Crippen LogP contribution in [0, 0.1) is 5.92 Å². The predicted octanol–water partition coefficient (Wildman–Crippen LogP) is 0.813. The molecule has 0 aromatic heterocycles. The second-order valence-electron chi connectivity index (χ2n) is 2.56. The van der Waals surface area contributed by atoms with E-state index in [0.717, 1.165) is 6.08 Å². The maximum atomic E-state index is 10.1. The van der Waals surface area contributed by atoms with Crippen molar-refractivity contribution in [2.75, 3.05) is 6.61 Å². The molecule has 3 nitrogen and oxygen atoms in total. The molecule has 2 N–H and O–H groups in total. The summed E-state index contributed by atoms with van der Waals surface area (Å²) in [7, 11) is 0. The van der Waals surface area contributed by atoms with Crippen LogP contribution in [0.1, 0.15) is 13.8 Å². The molecule has 0 aliphatic heterocycles. The summed E-state index contributed by atoms with van der Waals surface area (Å²) in [6.07, 6.45) is 2.46. The Morgan fingerprint density at radius 2 is 2.36 bits per heavy atom. The summed E-state index contributed by atoms with van der Waals surface area (Å²) in [6, 6.07) is 0. The van der Waals surface area contributed by atoms with Gasteiger partial charge < -0.3 is 10.5 Å². The Bertz CT molecular complexity index is 179.